The molecule has 1 aliphatic rings. The SMILES string of the molecule is O=C(CC1(n2cccc2)CCOCC1)Nc1n[nH]c(COc2ccccc2)n1. The Morgan fingerprint density at radius 3 is 2.68 bits per heavy atom. The second-order valence-electron chi connectivity index (χ2n) is 6.86. The van der Waals surface area contributed by atoms with Crippen molar-refractivity contribution in [3.05, 3.63) is 60.7 Å². The minimum atomic E-state index is -0.276. The Kier molecular flexibility index (Phi) is 5.38. The molecule has 146 valence electrons. The fraction of sp³-hybridized carbons (Fsp3) is 0.350. The van der Waals surface area contributed by atoms with Crippen LogP contribution < -0.4 is 10.1 Å². The molecule has 0 saturated carbocycles. The van der Waals surface area contributed by atoms with Gasteiger partial charge in [0.2, 0.25) is 11.9 Å². The maximum Gasteiger partial charge on any atom is 0.248 e. The highest BCUT2D eigenvalue weighted by atomic mass is 16.5. The van der Waals surface area contributed by atoms with Crippen LogP contribution in [0.15, 0.2) is 54.9 Å². The molecule has 0 unspecified atom stereocenters. The fourth-order valence-corrected chi connectivity index (χ4v) is 3.48. The average molecular weight is 381 g/mol. The monoisotopic (exact) mass is 381 g/mol. The van der Waals surface area contributed by atoms with Crippen molar-refractivity contribution in [2.45, 2.75) is 31.4 Å². The number of H-pyrrole nitrogens is 1. The van der Waals surface area contributed by atoms with Crippen LogP contribution in [-0.4, -0.2) is 38.9 Å². The molecule has 2 aromatic heterocycles. The molecule has 0 atom stereocenters. The summed E-state index contributed by atoms with van der Waals surface area (Å²) < 4.78 is 13.3. The van der Waals surface area contributed by atoms with Gasteiger partial charge in [-0.3, -0.25) is 15.2 Å². The quantitative estimate of drug-likeness (QED) is 0.656. The van der Waals surface area contributed by atoms with Crippen LogP contribution in [-0.2, 0) is 21.7 Å². The van der Waals surface area contributed by atoms with Crippen LogP contribution in [0.3, 0.4) is 0 Å². The molecule has 0 spiro atoms. The lowest BCUT2D eigenvalue weighted by Crippen LogP contribution is -2.42. The Bertz CT molecular complexity index is 886. The molecule has 28 heavy (non-hydrogen) atoms. The summed E-state index contributed by atoms with van der Waals surface area (Å²) in [5.74, 6) is 1.43. The third-order valence-corrected chi connectivity index (χ3v) is 4.97. The van der Waals surface area contributed by atoms with Gasteiger partial charge in [0.15, 0.2) is 5.82 Å². The Morgan fingerprint density at radius 2 is 1.93 bits per heavy atom. The summed E-state index contributed by atoms with van der Waals surface area (Å²) in [4.78, 5) is 17.0. The van der Waals surface area contributed by atoms with Gasteiger partial charge in [0, 0.05) is 25.6 Å². The number of benzene rings is 1. The number of carbonyl (C=O) groups is 1. The molecule has 3 heterocycles. The van der Waals surface area contributed by atoms with E-state index in [1.807, 2.05) is 54.9 Å². The second-order valence-corrected chi connectivity index (χ2v) is 6.86. The number of carbonyl (C=O) groups excluding carboxylic acids is 1. The van der Waals surface area contributed by atoms with Gasteiger partial charge in [-0.2, -0.15) is 4.98 Å². The van der Waals surface area contributed by atoms with Crippen molar-refractivity contribution in [1.82, 2.24) is 19.7 Å². The van der Waals surface area contributed by atoms with Crippen molar-refractivity contribution < 1.29 is 14.3 Å². The molecule has 0 radical (unpaired) electrons. The largest absolute Gasteiger partial charge is 0.486 e. The number of aromatic nitrogens is 4. The van der Waals surface area contributed by atoms with Crippen LogP contribution in [0.25, 0.3) is 0 Å². The molecule has 0 bridgehead atoms. The number of rotatable bonds is 7. The molecule has 2 N–H and O–H groups in total. The van der Waals surface area contributed by atoms with E-state index in [4.69, 9.17) is 9.47 Å². The Labute approximate surface area is 162 Å². The zero-order valence-electron chi connectivity index (χ0n) is 15.5. The van der Waals surface area contributed by atoms with Crippen LogP contribution in [0, 0.1) is 0 Å². The van der Waals surface area contributed by atoms with Crippen LogP contribution in [0.2, 0.25) is 0 Å². The molecule has 1 aromatic carbocycles. The maximum atomic E-state index is 12.7. The number of para-hydroxylation sites is 1. The van der Waals surface area contributed by atoms with E-state index in [9.17, 15) is 4.79 Å². The first-order valence-electron chi connectivity index (χ1n) is 9.34. The van der Waals surface area contributed by atoms with E-state index in [-0.39, 0.29) is 24.0 Å². The number of aromatic amines is 1. The van der Waals surface area contributed by atoms with E-state index in [2.05, 4.69) is 25.1 Å². The zero-order chi connectivity index (χ0) is 19.2. The van der Waals surface area contributed by atoms with Gasteiger partial charge in [0.25, 0.3) is 0 Å². The van der Waals surface area contributed by atoms with Gasteiger partial charge in [-0.25, -0.2) is 0 Å². The lowest BCUT2D eigenvalue weighted by Gasteiger charge is -2.38. The smallest absolute Gasteiger partial charge is 0.248 e. The first kappa shape index (κ1) is 18.2. The highest BCUT2D eigenvalue weighted by Crippen LogP contribution is 2.33. The molecule has 0 aliphatic carbocycles. The first-order chi connectivity index (χ1) is 13.7. The molecular formula is C20H23N5O3. The van der Waals surface area contributed by atoms with Gasteiger partial charge >= 0.3 is 0 Å². The molecule has 4 rings (SSSR count). The van der Waals surface area contributed by atoms with E-state index >= 15 is 0 Å². The molecule has 3 aromatic rings. The third-order valence-electron chi connectivity index (χ3n) is 4.97. The van der Waals surface area contributed by atoms with E-state index < -0.39 is 0 Å². The van der Waals surface area contributed by atoms with Gasteiger partial charge < -0.3 is 14.0 Å². The van der Waals surface area contributed by atoms with Gasteiger partial charge in [0.05, 0.1) is 12.0 Å². The molecule has 1 aliphatic heterocycles. The summed E-state index contributed by atoms with van der Waals surface area (Å²) >= 11 is 0. The lowest BCUT2D eigenvalue weighted by atomic mass is 9.86. The van der Waals surface area contributed by atoms with Gasteiger partial charge in [-0.05, 0) is 37.1 Å². The second kappa shape index (κ2) is 8.26. The number of anilines is 1. The van der Waals surface area contributed by atoms with E-state index in [0.717, 1.165) is 18.6 Å². The Morgan fingerprint density at radius 1 is 1.18 bits per heavy atom. The zero-order valence-corrected chi connectivity index (χ0v) is 15.5. The summed E-state index contributed by atoms with van der Waals surface area (Å²) in [6, 6.07) is 13.4. The topological polar surface area (TPSA) is 94.1 Å². The Balaban J connectivity index is 1.36. The van der Waals surface area contributed by atoms with Gasteiger partial charge in [0.1, 0.15) is 12.4 Å². The van der Waals surface area contributed by atoms with Crippen LogP contribution in [0.5, 0.6) is 5.75 Å². The predicted molar refractivity (Wildman–Crippen MR) is 103 cm³/mol. The number of hydrogen-bond donors (Lipinski definition) is 2. The van der Waals surface area contributed by atoms with Crippen LogP contribution >= 0.6 is 0 Å². The predicted octanol–water partition coefficient (Wildman–Crippen LogP) is 2.72. The molecule has 8 nitrogen and oxygen atoms in total. The lowest BCUT2D eigenvalue weighted by molar-refractivity contribution is -0.119. The Hall–Kier alpha value is -3.13. The molecule has 8 heteroatoms. The average Bonchev–Trinajstić information content (AvgIpc) is 3.40. The maximum absolute atomic E-state index is 12.7. The molecule has 1 amide bonds. The standard InChI is InChI=1S/C20H23N5O3/c26-18(14-20(8-12-27-13-9-20)25-10-4-5-11-25)22-19-21-17(23-24-19)15-28-16-6-2-1-3-7-16/h1-7,10-11H,8-9,12-15H2,(H2,21,22,23,24,26). The summed E-state index contributed by atoms with van der Waals surface area (Å²) in [7, 11) is 0. The van der Waals surface area contributed by atoms with Crippen LogP contribution in [0.4, 0.5) is 5.95 Å². The van der Waals surface area contributed by atoms with Crippen molar-refractivity contribution in [2.24, 2.45) is 0 Å². The number of hydrogen-bond acceptors (Lipinski definition) is 5. The van der Waals surface area contributed by atoms with Crippen molar-refractivity contribution in [3.8, 4) is 5.75 Å². The van der Waals surface area contributed by atoms with E-state index in [1.165, 1.54) is 0 Å². The molecule has 1 saturated heterocycles. The highest BCUT2D eigenvalue weighted by molar-refractivity contribution is 5.89. The van der Waals surface area contributed by atoms with Crippen molar-refractivity contribution in [2.75, 3.05) is 18.5 Å². The number of amides is 1. The van der Waals surface area contributed by atoms with Gasteiger partial charge in [-0.15, -0.1) is 5.10 Å². The van der Waals surface area contributed by atoms with E-state index in [1.54, 1.807) is 0 Å². The minimum absolute atomic E-state index is 0.120. The minimum Gasteiger partial charge on any atom is -0.486 e. The summed E-state index contributed by atoms with van der Waals surface area (Å²) in [6.07, 6.45) is 5.93. The number of nitrogens with zero attached hydrogens (tertiary/aromatic N) is 3. The van der Waals surface area contributed by atoms with Gasteiger partial charge in [-0.1, -0.05) is 18.2 Å². The summed E-state index contributed by atoms with van der Waals surface area (Å²) in [5.41, 5.74) is -0.276. The highest BCUT2D eigenvalue weighted by Gasteiger charge is 2.36. The molecular weight excluding hydrogens is 358 g/mol. The third kappa shape index (κ3) is 4.23. The molecule has 1 fully saturated rings. The normalized spacial score (nSPS) is 15.9. The fourth-order valence-electron chi connectivity index (χ4n) is 3.48. The van der Waals surface area contributed by atoms with E-state index in [0.29, 0.717) is 25.5 Å². The van der Waals surface area contributed by atoms with Crippen LogP contribution in [0.1, 0.15) is 25.1 Å². The first-order valence-corrected chi connectivity index (χ1v) is 9.34. The van der Waals surface area contributed by atoms with Crippen molar-refractivity contribution in [1.29, 1.82) is 0 Å². The summed E-state index contributed by atoms with van der Waals surface area (Å²) in [5, 5.41) is 9.66. The van der Waals surface area contributed by atoms with Crippen molar-refractivity contribution in [3.63, 3.8) is 0 Å². The summed E-state index contributed by atoms with van der Waals surface area (Å²) in [6.45, 7) is 1.54. The number of ether oxygens (including phenoxy) is 2. The number of nitrogens with one attached hydrogen (secondary N) is 2. The van der Waals surface area contributed by atoms with Crippen molar-refractivity contribution >= 4 is 11.9 Å².